The first-order valence-electron chi connectivity index (χ1n) is 13.5. The van der Waals surface area contributed by atoms with Crippen LogP contribution in [-0.2, 0) is 4.74 Å². The Hall–Kier alpha value is -3.01. The van der Waals surface area contributed by atoms with E-state index in [0.717, 1.165) is 31.4 Å². The van der Waals surface area contributed by atoms with E-state index in [-0.39, 0.29) is 28.2 Å². The number of nitrogens with one attached hydrogen (secondary N) is 4. The van der Waals surface area contributed by atoms with Crippen molar-refractivity contribution in [3.05, 3.63) is 40.6 Å². The van der Waals surface area contributed by atoms with Crippen molar-refractivity contribution in [2.45, 2.75) is 72.8 Å². The molecular weight excluding hydrogens is 510 g/mol. The maximum atomic E-state index is 12.4. The summed E-state index contributed by atoms with van der Waals surface area (Å²) in [4.78, 5) is 20.0. The molecule has 214 valence electrons. The van der Waals surface area contributed by atoms with Gasteiger partial charge in [-0.2, -0.15) is 0 Å². The predicted octanol–water partition coefficient (Wildman–Crippen LogP) is 5.32. The van der Waals surface area contributed by atoms with Crippen molar-refractivity contribution in [3.8, 4) is 0 Å². The lowest BCUT2D eigenvalue weighted by Gasteiger charge is -2.34. The Kier molecular flexibility index (Phi) is 9.09. The van der Waals surface area contributed by atoms with Gasteiger partial charge in [0.15, 0.2) is 0 Å². The fourth-order valence-corrected chi connectivity index (χ4v) is 5.24. The molecule has 1 unspecified atom stereocenters. The number of aromatic nitrogens is 1. The van der Waals surface area contributed by atoms with Gasteiger partial charge in [-0.3, -0.25) is 10.2 Å². The van der Waals surface area contributed by atoms with Gasteiger partial charge < -0.3 is 31.4 Å². The maximum Gasteiger partial charge on any atom is 0.252 e. The van der Waals surface area contributed by atoms with Crippen LogP contribution in [0.4, 0.5) is 11.6 Å². The molecule has 1 saturated carbocycles. The SMILES string of the molecule is CN/C(CC(C)(C)C1CN(c2nc(N/C=C\C(=N)OCC3(C)CC3)ccc2C(N)=O)C(C)(C)C1)=C(/S)C(C)=N. The van der Waals surface area contributed by atoms with Crippen LogP contribution in [0, 0.1) is 27.6 Å². The first-order valence-corrected chi connectivity index (χ1v) is 13.9. The van der Waals surface area contributed by atoms with E-state index >= 15 is 0 Å². The van der Waals surface area contributed by atoms with Crippen LogP contribution in [0.1, 0.15) is 77.6 Å². The van der Waals surface area contributed by atoms with E-state index < -0.39 is 5.91 Å². The second kappa shape index (κ2) is 11.6. The molecule has 9 nitrogen and oxygen atoms in total. The van der Waals surface area contributed by atoms with Gasteiger partial charge in [0.05, 0.1) is 12.2 Å². The van der Waals surface area contributed by atoms with E-state index in [1.165, 1.54) is 0 Å². The Morgan fingerprint density at radius 2 is 1.97 bits per heavy atom. The van der Waals surface area contributed by atoms with Crippen molar-refractivity contribution < 1.29 is 9.53 Å². The van der Waals surface area contributed by atoms with Crippen LogP contribution in [0.5, 0.6) is 0 Å². The molecule has 1 amide bonds. The highest BCUT2D eigenvalue weighted by molar-refractivity contribution is 7.85. The molecule has 6 N–H and O–H groups in total. The Morgan fingerprint density at radius 1 is 1.31 bits per heavy atom. The van der Waals surface area contributed by atoms with E-state index in [0.29, 0.717) is 41.0 Å². The zero-order valence-electron chi connectivity index (χ0n) is 24.4. The normalized spacial score (nSPS) is 20.4. The van der Waals surface area contributed by atoms with Crippen molar-refractivity contribution in [2.75, 3.05) is 30.4 Å². The number of ether oxygens (including phenoxy) is 1. The van der Waals surface area contributed by atoms with Crippen LogP contribution in [-0.4, -0.2) is 48.2 Å². The van der Waals surface area contributed by atoms with E-state index in [1.807, 2.05) is 7.05 Å². The molecule has 0 bridgehead atoms. The number of thiol groups is 1. The molecular formula is C29H45N7O2S. The number of hydrogen-bond acceptors (Lipinski definition) is 9. The molecule has 2 fully saturated rings. The summed E-state index contributed by atoms with van der Waals surface area (Å²) in [7, 11) is 1.87. The lowest BCUT2D eigenvalue weighted by molar-refractivity contribution is 0.100. The topological polar surface area (TPSA) is 140 Å². The summed E-state index contributed by atoms with van der Waals surface area (Å²) in [5.74, 6) is 0.949. The van der Waals surface area contributed by atoms with E-state index in [2.05, 4.69) is 62.8 Å². The van der Waals surface area contributed by atoms with Crippen LogP contribution >= 0.6 is 12.6 Å². The molecule has 2 aliphatic rings. The first kappa shape index (κ1) is 30.5. The third kappa shape index (κ3) is 7.56. The lowest BCUT2D eigenvalue weighted by Crippen LogP contribution is -2.40. The van der Waals surface area contributed by atoms with E-state index in [9.17, 15) is 4.79 Å². The number of anilines is 2. The summed E-state index contributed by atoms with van der Waals surface area (Å²) in [5, 5.41) is 22.4. The zero-order valence-corrected chi connectivity index (χ0v) is 25.3. The monoisotopic (exact) mass is 555 g/mol. The molecule has 0 radical (unpaired) electrons. The van der Waals surface area contributed by atoms with Gasteiger partial charge in [0, 0.05) is 53.1 Å². The third-order valence-electron chi connectivity index (χ3n) is 8.10. The van der Waals surface area contributed by atoms with E-state index in [1.54, 1.807) is 31.3 Å². The molecule has 1 saturated heterocycles. The Bertz CT molecular complexity index is 1180. The van der Waals surface area contributed by atoms with Crippen molar-refractivity contribution in [1.29, 1.82) is 10.8 Å². The molecule has 1 aliphatic carbocycles. The van der Waals surface area contributed by atoms with Crippen molar-refractivity contribution in [2.24, 2.45) is 22.5 Å². The standard InChI is InChI=1S/C29H45N7O2S/c1-18(30)24(39)21(33-7)15-27(2,3)19-14-28(4,5)36(16-19)26-20(25(32)37)8-9-23(35-26)34-13-10-22(31)38-17-29(6)11-12-29/h8-10,13,19,30-31,33,39H,11-12,14-17H2,1-7H3,(H2,32,37)(H,34,35)/b13-10-,24-21+,30-18?,31-22?. The van der Waals surface area contributed by atoms with Crippen molar-refractivity contribution in [3.63, 3.8) is 0 Å². The predicted molar refractivity (Wildman–Crippen MR) is 163 cm³/mol. The molecule has 1 aliphatic heterocycles. The second-order valence-electron chi connectivity index (χ2n) is 12.6. The summed E-state index contributed by atoms with van der Waals surface area (Å²) < 4.78 is 5.54. The van der Waals surface area contributed by atoms with Crippen LogP contribution in [0.3, 0.4) is 0 Å². The van der Waals surface area contributed by atoms with Gasteiger partial charge in [-0.05, 0) is 69.9 Å². The molecule has 3 rings (SSSR count). The van der Waals surface area contributed by atoms with Gasteiger partial charge in [0.1, 0.15) is 11.6 Å². The number of rotatable bonds is 12. The fourth-order valence-electron chi connectivity index (χ4n) is 5.05. The molecule has 10 heteroatoms. The average Bonchev–Trinajstić information content (AvgIpc) is 3.50. The summed E-state index contributed by atoms with van der Waals surface area (Å²) in [5.41, 5.74) is 7.35. The molecule has 1 aromatic heterocycles. The average molecular weight is 556 g/mol. The van der Waals surface area contributed by atoms with Crippen LogP contribution < -0.4 is 21.3 Å². The minimum Gasteiger partial charge on any atom is -0.477 e. The summed E-state index contributed by atoms with van der Waals surface area (Å²) in [6, 6.07) is 3.42. The minimum absolute atomic E-state index is 0.0907. The number of nitrogens with zero attached hydrogens (tertiary/aromatic N) is 2. The Balaban J connectivity index is 1.80. The fraction of sp³-hybridized carbons (Fsp3) is 0.586. The number of allylic oxidation sites excluding steroid dienone is 2. The summed E-state index contributed by atoms with van der Waals surface area (Å²) in [6.45, 7) is 13.9. The highest BCUT2D eigenvalue weighted by Gasteiger charge is 2.46. The molecule has 0 aromatic carbocycles. The number of pyridine rings is 1. The largest absolute Gasteiger partial charge is 0.477 e. The number of hydrogen-bond donors (Lipinski definition) is 6. The van der Waals surface area contributed by atoms with Gasteiger partial charge in [0.2, 0.25) is 5.90 Å². The number of primary amides is 1. The van der Waals surface area contributed by atoms with Gasteiger partial charge in [-0.1, -0.05) is 20.8 Å². The molecule has 1 atom stereocenters. The number of carbonyl (C=O) groups excluding carboxylic acids is 1. The van der Waals surface area contributed by atoms with Gasteiger partial charge in [-0.15, -0.1) is 12.6 Å². The first-order chi connectivity index (χ1) is 18.1. The van der Waals surface area contributed by atoms with Crippen LogP contribution in [0.25, 0.3) is 0 Å². The number of carbonyl (C=O) groups is 1. The molecule has 1 aromatic rings. The lowest BCUT2D eigenvalue weighted by atomic mass is 9.73. The Labute approximate surface area is 238 Å². The number of nitrogens with two attached hydrogens (primary N) is 1. The van der Waals surface area contributed by atoms with Crippen molar-refractivity contribution >= 4 is 41.8 Å². The third-order valence-corrected chi connectivity index (χ3v) is 8.71. The zero-order chi connectivity index (χ0) is 29.2. The minimum atomic E-state index is -0.525. The number of amides is 1. The van der Waals surface area contributed by atoms with Crippen LogP contribution in [0.15, 0.2) is 35.0 Å². The quantitative estimate of drug-likeness (QED) is 0.117. The maximum absolute atomic E-state index is 12.4. The highest BCUT2D eigenvalue weighted by Crippen LogP contribution is 2.47. The molecule has 0 spiro atoms. The Morgan fingerprint density at radius 3 is 2.54 bits per heavy atom. The van der Waals surface area contributed by atoms with Gasteiger partial charge >= 0.3 is 0 Å². The summed E-state index contributed by atoms with van der Waals surface area (Å²) in [6.07, 6.45) is 7.10. The molecule has 39 heavy (non-hydrogen) atoms. The van der Waals surface area contributed by atoms with Crippen LogP contribution in [0.2, 0.25) is 0 Å². The molecule has 2 heterocycles. The van der Waals surface area contributed by atoms with Gasteiger partial charge in [-0.25, -0.2) is 4.98 Å². The van der Waals surface area contributed by atoms with Crippen molar-refractivity contribution in [1.82, 2.24) is 10.3 Å². The van der Waals surface area contributed by atoms with Gasteiger partial charge in [0.25, 0.3) is 5.91 Å². The second-order valence-corrected chi connectivity index (χ2v) is 13.0. The smallest absolute Gasteiger partial charge is 0.252 e. The highest BCUT2D eigenvalue weighted by atomic mass is 32.1. The summed E-state index contributed by atoms with van der Waals surface area (Å²) >= 11 is 4.57. The van der Waals surface area contributed by atoms with E-state index in [4.69, 9.17) is 26.3 Å².